The largest absolute Gasteiger partial charge is 0.444 e. The fraction of sp³-hybridized carbons (Fsp3) is 0.667. The van der Waals surface area contributed by atoms with Gasteiger partial charge in [-0.05, 0) is 63.5 Å². The van der Waals surface area contributed by atoms with Crippen LogP contribution >= 0.6 is 0 Å². The average Bonchev–Trinajstić information content (AvgIpc) is 2.59. The molecule has 2 rings (SSSR count). The van der Waals surface area contributed by atoms with Gasteiger partial charge in [0.25, 0.3) is 5.56 Å². The van der Waals surface area contributed by atoms with E-state index in [1.165, 1.54) is 0 Å². The molecule has 0 unspecified atom stereocenters. The molecule has 1 saturated heterocycles. The van der Waals surface area contributed by atoms with Gasteiger partial charge in [-0.15, -0.1) is 0 Å². The van der Waals surface area contributed by atoms with Crippen LogP contribution in [0.2, 0.25) is 0 Å². The summed E-state index contributed by atoms with van der Waals surface area (Å²) in [5.74, 6) is 0.616. The van der Waals surface area contributed by atoms with Gasteiger partial charge in [-0.1, -0.05) is 13.8 Å². The minimum Gasteiger partial charge on any atom is -0.444 e. The van der Waals surface area contributed by atoms with Gasteiger partial charge in [-0.2, -0.15) is 5.26 Å². The molecule has 1 aliphatic rings. The van der Waals surface area contributed by atoms with E-state index < -0.39 is 5.60 Å². The number of nitriles is 1. The van der Waals surface area contributed by atoms with E-state index >= 15 is 0 Å². The molecule has 0 radical (unpaired) electrons. The molecule has 0 N–H and O–H groups in total. The van der Waals surface area contributed by atoms with Gasteiger partial charge in [-0.3, -0.25) is 4.79 Å². The van der Waals surface area contributed by atoms with Crippen LogP contribution in [-0.4, -0.2) is 34.3 Å². The lowest BCUT2D eigenvalue weighted by atomic mass is 9.87. The molecule has 1 aromatic rings. The summed E-state index contributed by atoms with van der Waals surface area (Å²) in [5.41, 5.74) is 0.344. The molecule has 0 aliphatic carbocycles. The van der Waals surface area contributed by atoms with Gasteiger partial charge in [-0.25, -0.2) is 4.79 Å². The van der Waals surface area contributed by atoms with E-state index in [0.717, 1.165) is 24.8 Å². The van der Waals surface area contributed by atoms with Crippen molar-refractivity contribution < 1.29 is 9.53 Å². The topological polar surface area (TPSA) is 75.3 Å². The molecule has 148 valence electrons. The minimum atomic E-state index is -0.511. The number of hydrogen-bond donors (Lipinski definition) is 0. The Morgan fingerprint density at radius 1 is 1.33 bits per heavy atom. The van der Waals surface area contributed by atoms with Crippen LogP contribution < -0.4 is 5.56 Å². The first-order chi connectivity index (χ1) is 12.6. The van der Waals surface area contributed by atoms with Crippen molar-refractivity contribution in [1.82, 2.24) is 9.47 Å². The van der Waals surface area contributed by atoms with Crippen molar-refractivity contribution in [3.63, 3.8) is 0 Å². The molecule has 1 aliphatic heterocycles. The van der Waals surface area contributed by atoms with Crippen molar-refractivity contribution in [3.05, 3.63) is 33.7 Å². The maximum Gasteiger partial charge on any atom is 0.410 e. The van der Waals surface area contributed by atoms with Gasteiger partial charge < -0.3 is 14.2 Å². The van der Waals surface area contributed by atoms with Crippen molar-refractivity contribution in [2.75, 3.05) is 13.1 Å². The predicted molar refractivity (Wildman–Crippen MR) is 105 cm³/mol. The van der Waals surface area contributed by atoms with Gasteiger partial charge >= 0.3 is 6.09 Å². The molecule has 1 amide bonds. The van der Waals surface area contributed by atoms with E-state index in [0.29, 0.717) is 25.6 Å². The number of carbonyl (C=O) groups is 1. The lowest BCUT2D eigenvalue weighted by Crippen LogP contribution is -2.41. The Balaban J connectivity index is 2.10. The van der Waals surface area contributed by atoms with Gasteiger partial charge in [0.05, 0.1) is 0 Å². The first-order valence-electron chi connectivity index (χ1n) is 9.73. The molecule has 0 bridgehead atoms. The second kappa shape index (κ2) is 8.60. The summed E-state index contributed by atoms with van der Waals surface area (Å²) in [6.45, 7) is 11.6. The normalized spacial score (nSPS) is 15.7. The summed E-state index contributed by atoms with van der Waals surface area (Å²) >= 11 is 0. The zero-order chi connectivity index (χ0) is 20.2. The number of ether oxygens (including phenoxy) is 1. The molecular formula is C21H31N3O3. The van der Waals surface area contributed by atoms with E-state index in [-0.39, 0.29) is 23.1 Å². The molecule has 0 spiro atoms. The highest BCUT2D eigenvalue weighted by Gasteiger charge is 2.29. The molecule has 0 atom stereocenters. The Labute approximate surface area is 161 Å². The third-order valence-corrected chi connectivity index (χ3v) is 4.84. The Morgan fingerprint density at radius 2 is 1.96 bits per heavy atom. The summed E-state index contributed by atoms with van der Waals surface area (Å²) in [5, 5.41) is 9.55. The van der Waals surface area contributed by atoms with Crippen molar-refractivity contribution in [2.45, 2.75) is 71.9 Å². The van der Waals surface area contributed by atoms with E-state index in [9.17, 15) is 14.9 Å². The summed E-state index contributed by atoms with van der Waals surface area (Å²) in [4.78, 5) is 26.6. The van der Waals surface area contributed by atoms with Crippen LogP contribution in [0.5, 0.6) is 0 Å². The molecular weight excluding hydrogens is 342 g/mol. The second-order valence-corrected chi connectivity index (χ2v) is 8.68. The van der Waals surface area contributed by atoms with Gasteiger partial charge in [0.2, 0.25) is 0 Å². The molecule has 1 aromatic heterocycles. The first-order valence-corrected chi connectivity index (χ1v) is 9.73. The average molecular weight is 373 g/mol. The zero-order valence-corrected chi connectivity index (χ0v) is 17.1. The summed E-state index contributed by atoms with van der Waals surface area (Å²) < 4.78 is 7.06. The van der Waals surface area contributed by atoms with Crippen molar-refractivity contribution in [3.8, 4) is 6.07 Å². The number of aryl methyl sites for hydroxylation is 1. The summed E-state index contributed by atoms with van der Waals surface area (Å²) in [6.07, 6.45) is 3.86. The zero-order valence-electron chi connectivity index (χ0n) is 17.1. The van der Waals surface area contributed by atoms with Gasteiger partial charge in [0.1, 0.15) is 17.2 Å². The van der Waals surface area contributed by atoms with Crippen molar-refractivity contribution in [2.24, 2.45) is 5.92 Å². The van der Waals surface area contributed by atoms with Crippen LogP contribution in [0.4, 0.5) is 4.79 Å². The first kappa shape index (κ1) is 21.0. The minimum absolute atomic E-state index is 0.116. The Morgan fingerprint density at radius 3 is 2.48 bits per heavy atom. The number of likely N-dealkylation sites (tertiary alicyclic amines) is 1. The molecule has 27 heavy (non-hydrogen) atoms. The number of aromatic nitrogens is 1. The number of nitrogens with zero attached hydrogens (tertiary/aromatic N) is 3. The quantitative estimate of drug-likeness (QED) is 0.802. The highest BCUT2D eigenvalue weighted by molar-refractivity contribution is 5.68. The molecule has 0 aromatic carbocycles. The van der Waals surface area contributed by atoms with Crippen LogP contribution in [0, 0.1) is 17.2 Å². The number of pyridine rings is 1. The number of rotatable bonds is 4. The standard InChI is InChI=1S/C21H31N3O3/c1-15(2)6-10-23-13-9-17(18(14-22)19(23)25)16-7-11-24(12-8-16)20(26)27-21(3,4)5/h9,13,15-16H,6-8,10-12H2,1-5H3. The van der Waals surface area contributed by atoms with Crippen LogP contribution in [0.1, 0.15) is 70.9 Å². The van der Waals surface area contributed by atoms with Crippen LogP contribution in [-0.2, 0) is 11.3 Å². The number of piperidine rings is 1. The van der Waals surface area contributed by atoms with Crippen molar-refractivity contribution >= 4 is 6.09 Å². The number of hydrogen-bond acceptors (Lipinski definition) is 4. The third-order valence-electron chi connectivity index (χ3n) is 4.84. The Kier molecular flexibility index (Phi) is 6.69. The Hall–Kier alpha value is -2.29. The van der Waals surface area contributed by atoms with E-state index in [1.807, 2.05) is 26.8 Å². The van der Waals surface area contributed by atoms with E-state index in [1.54, 1.807) is 15.7 Å². The smallest absolute Gasteiger partial charge is 0.410 e. The second-order valence-electron chi connectivity index (χ2n) is 8.68. The van der Waals surface area contributed by atoms with E-state index in [2.05, 4.69) is 19.9 Å². The monoisotopic (exact) mass is 373 g/mol. The highest BCUT2D eigenvalue weighted by atomic mass is 16.6. The fourth-order valence-corrected chi connectivity index (χ4v) is 3.31. The van der Waals surface area contributed by atoms with Crippen molar-refractivity contribution in [1.29, 1.82) is 5.26 Å². The fourth-order valence-electron chi connectivity index (χ4n) is 3.31. The summed E-state index contributed by atoms with van der Waals surface area (Å²) in [7, 11) is 0. The molecule has 6 heteroatoms. The van der Waals surface area contributed by atoms with Gasteiger partial charge in [0, 0.05) is 25.8 Å². The number of amides is 1. The maximum absolute atomic E-state index is 12.7. The lowest BCUT2D eigenvalue weighted by Gasteiger charge is -2.33. The van der Waals surface area contributed by atoms with E-state index in [4.69, 9.17) is 4.74 Å². The summed E-state index contributed by atoms with van der Waals surface area (Å²) in [6, 6.07) is 4.03. The molecule has 6 nitrogen and oxygen atoms in total. The Bertz CT molecular complexity index is 760. The van der Waals surface area contributed by atoms with Crippen LogP contribution in [0.15, 0.2) is 17.1 Å². The molecule has 1 fully saturated rings. The number of carbonyl (C=O) groups excluding carboxylic acids is 1. The van der Waals surface area contributed by atoms with Crippen LogP contribution in [0.3, 0.4) is 0 Å². The molecule has 0 saturated carbocycles. The van der Waals surface area contributed by atoms with Crippen LogP contribution in [0.25, 0.3) is 0 Å². The SMILES string of the molecule is CC(C)CCn1ccc(C2CCN(C(=O)OC(C)(C)C)CC2)c(C#N)c1=O. The maximum atomic E-state index is 12.7. The predicted octanol–water partition coefficient (Wildman–Crippen LogP) is 3.88. The molecule has 2 heterocycles. The third kappa shape index (κ3) is 5.59. The lowest BCUT2D eigenvalue weighted by molar-refractivity contribution is 0.0205. The van der Waals surface area contributed by atoms with Gasteiger partial charge in [0.15, 0.2) is 0 Å². The highest BCUT2D eigenvalue weighted by Crippen LogP contribution is 2.29.